The average Bonchev–Trinajstić information content (AvgIpc) is 2.76. The second-order valence-corrected chi connectivity index (χ2v) is 4.83. The lowest BCUT2D eigenvalue weighted by atomic mass is 10.1. The highest BCUT2D eigenvalue weighted by Gasteiger charge is 2.25. The number of nitrogens with zero attached hydrogens (tertiary/aromatic N) is 2. The lowest BCUT2D eigenvalue weighted by Gasteiger charge is -2.25. The Morgan fingerprint density at radius 3 is 2.94 bits per heavy atom. The van der Waals surface area contributed by atoms with Gasteiger partial charge in [0.1, 0.15) is 0 Å². The maximum Gasteiger partial charge on any atom is 0.168 e. The highest BCUT2D eigenvalue weighted by Crippen LogP contribution is 2.37. The summed E-state index contributed by atoms with van der Waals surface area (Å²) in [6.07, 6.45) is 1.05. The van der Waals surface area contributed by atoms with E-state index < -0.39 is 0 Å². The quantitative estimate of drug-likeness (QED) is 0.748. The molecule has 0 aromatic heterocycles. The van der Waals surface area contributed by atoms with Gasteiger partial charge in [-0.25, -0.2) is 0 Å². The van der Waals surface area contributed by atoms with Gasteiger partial charge in [0.05, 0.1) is 5.70 Å². The smallest absolute Gasteiger partial charge is 0.168 e. The highest BCUT2D eigenvalue weighted by molar-refractivity contribution is 8.16. The molecule has 1 aromatic rings. The lowest BCUT2D eigenvalue weighted by Crippen LogP contribution is -2.28. The van der Waals surface area contributed by atoms with Crippen LogP contribution >= 0.6 is 11.8 Å². The number of thioether (sulfide) groups is 1. The maximum atomic E-state index is 9.52. The van der Waals surface area contributed by atoms with Crippen LogP contribution in [0.25, 0.3) is 5.70 Å². The zero-order valence-corrected chi connectivity index (χ0v) is 9.94. The molecule has 2 heterocycles. The van der Waals surface area contributed by atoms with E-state index in [4.69, 9.17) is 0 Å². The molecule has 4 nitrogen and oxygen atoms in total. The molecular weight excluding hydrogens is 236 g/mol. The van der Waals surface area contributed by atoms with Gasteiger partial charge in [-0.3, -0.25) is 4.99 Å². The zero-order valence-electron chi connectivity index (χ0n) is 9.13. The van der Waals surface area contributed by atoms with Gasteiger partial charge in [0, 0.05) is 24.1 Å². The van der Waals surface area contributed by atoms with Crippen LogP contribution in [0.3, 0.4) is 0 Å². The number of amidine groups is 1. The van der Waals surface area contributed by atoms with Crippen molar-refractivity contribution in [1.29, 1.82) is 0 Å². The normalized spacial score (nSPS) is 18.7. The minimum Gasteiger partial charge on any atom is -0.504 e. The Morgan fingerprint density at radius 2 is 2.12 bits per heavy atom. The summed E-state index contributed by atoms with van der Waals surface area (Å²) in [5.74, 6) is -0.177. The van der Waals surface area contributed by atoms with Crippen LogP contribution < -0.4 is 0 Å². The van der Waals surface area contributed by atoms with Gasteiger partial charge in [-0.1, -0.05) is 11.8 Å². The van der Waals surface area contributed by atoms with E-state index in [0.29, 0.717) is 0 Å². The predicted octanol–water partition coefficient (Wildman–Crippen LogP) is 2.20. The second kappa shape index (κ2) is 4.00. The topological polar surface area (TPSA) is 56.1 Å². The third-order valence-electron chi connectivity index (χ3n) is 2.86. The number of aliphatic imine (C=N–C) groups is 1. The molecule has 17 heavy (non-hydrogen) atoms. The molecule has 1 aromatic carbocycles. The van der Waals surface area contributed by atoms with Crippen LogP contribution in [-0.2, 0) is 0 Å². The van der Waals surface area contributed by atoms with E-state index in [1.807, 2.05) is 5.41 Å². The van der Waals surface area contributed by atoms with Gasteiger partial charge in [0.25, 0.3) is 0 Å². The summed E-state index contributed by atoms with van der Waals surface area (Å²) in [6, 6.07) is 4.90. The van der Waals surface area contributed by atoms with Crippen molar-refractivity contribution in [2.75, 3.05) is 13.1 Å². The summed E-state index contributed by atoms with van der Waals surface area (Å²) in [6.45, 7) is 1.85. The van der Waals surface area contributed by atoms with Gasteiger partial charge in [-0.05, 0) is 24.6 Å². The van der Waals surface area contributed by atoms with Crippen LogP contribution in [0.2, 0.25) is 0 Å². The Labute approximate surface area is 103 Å². The Bertz CT molecular complexity index is 525. The molecular formula is C12H12N2O2S. The predicted molar refractivity (Wildman–Crippen MR) is 69.0 cm³/mol. The third-order valence-corrected chi connectivity index (χ3v) is 3.76. The van der Waals surface area contributed by atoms with Crippen molar-refractivity contribution in [2.24, 2.45) is 4.99 Å². The van der Waals surface area contributed by atoms with E-state index in [1.165, 1.54) is 6.07 Å². The van der Waals surface area contributed by atoms with Crippen LogP contribution in [0, 0.1) is 0 Å². The molecule has 0 atom stereocenters. The van der Waals surface area contributed by atoms with E-state index >= 15 is 0 Å². The van der Waals surface area contributed by atoms with Crippen LogP contribution in [0.1, 0.15) is 12.0 Å². The number of hydrogen-bond donors (Lipinski definition) is 2. The van der Waals surface area contributed by atoms with Crippen LogP contribution in [0.4, 0.5) is 0 Å². The summed E-state index contributed by atoms with van der Waals surface area (Å²) in [4.78, 5) is 6.60. The Morgan fingerprint density at radius 1 is 1.24 bits per heavy atom. The molecule has 0 unspecified atom stereocenters. The summed E-state index contributed by atoms with van der Waals surface area (Å²) >= 11 is 1.61. The fourth-order valence-corrected chi connectivity index (χ4v) is 2.95. The fraction of sp³-hybridized carbons (Fsp3) is 0.250. The molecule has 2 aliphatic heterocycles. The lowest BCUT2D eigenvalue weighted by molar-refractivity contribution is 0.403. The summed E-state index contributed by atoms with van der Waals surface area (Å²) in [7, 11) is 0. The fourth-order valence-electron chi connectivity index (χ4n) is 1.99. The second-order valence-electron chi connectivity index (χ2n) is 3.99. The number of aromatic hydroxyl groups is 2. The first kappa shape index (κ1) is 10.5. The summed E-state index contributed by atoms with van der Waals surface area (Å²) in [5, 5.41) is 21.9. The van der Waals surface area contributed by atoms with Gasteiger partial charge in [-0.15, -0.1) is 0 Å². The molecule has 0 radical (unpaired) electrons. The van der Waals surface area contributed by atoms with Crippen LogP contribution in [0.15, 0.2) is 28.6 Å². The Kier molecular flexibility index (Phi) is 2.48. The summed E-state index contributed by atoms with van der Waals surface area (Å²) in [5.41, 5.74) is 1.95. The number of phenols is 2. The first-order chi connectivity index (χ1) is 8.25. The molecule has 5 heteroatoms. The average molecular weight is 248 g/mol. The number of benzene rings is 1. The minimum atomic E-state index is -0.0902. The Balaban J connectivity index is 1.97. The SMILES string of the molecule is Oc1ccc(C2=CSC3=NCCCN23)cc1O. The number of rotatable bonds is 1. The van der Waals surface area contributed by atoms with Crippen molar-refractivity contribution >= 4 is 22.6 Å². The van der Waals surface area contributed by atoms with Gasteiger partial charge in [-0.2, -0.15) is 0 Å². The van der Waals surface area contributed by atoms with E-state index in [2.05, 4.69) is 9.89 Å². The number of fused-ring (bicyclic) bond motifs is 1. The van der Waals surface area contributed by atoms with Crippen molar-refractivity contribution in [3.63, 3.8) is 0 Å². The monoisotopic (exact) mass is 248 g/mol. The molecule has 2 N–H and O–H groups in total. The molecule has 0 amide bonds. The molecule has 0 spiro atoms. The van der Waals surface area contributed by atoms with Gasteiger partial charge < -0.3 is 15.1 Å². The largest absolute Gasteiger partial charge is 0.504 e. The zero-order chi connectivity index (χ0) is 11.8. The van der Waals surface area contributed by atoms with Crippen molar-refractivity contribution in [2.45, 2.75) is 6.42 Å². The number of phenolic OH excluding ortho intramolecular Hbond substituents is 2. The Hall–Kier alpha value is -1.62. The van der Waals surface area contributed by atoms with Crippen molar-refractivity contribution < 1.29 is 10.2 Å². The van der Waals surface area contributed by atoms with E-state index in [0.717, 1.165) is 35.9 Å². The van der Waals surface area contributed by atoms with Gasteiger partial charge >= 0.3 is 0 Å². The van der Waals surface area contributed by atoms with Crippen LogP contribution in [-0.4, -0.2) is 33.4 Å². The van der Waals surface area contributed by atoms with Crippen molar-refractivity contribution in [3.8, 4) is 11.5 Å². The molecule has 0 aliphatic carbocycles. The molecule has 2 aliphatic rings. The van der Waals surface area contributed by atoms with E-state index in [1.54, 1.807) is 23.9 Å². The first-order valence-corrected chi connectivity index (χ1v) is 6.35. The van der Waals surface area contributed by atoms with Crippen LogP contribution in [0.5, 0.6) is 11.5 Å². The third kappa shape index (κ3) is 1.76. The maximum absolute atomic E-state index is 9.52. The molecule has 0 bridgehead atoms. The molecule has 3 rings (SSSR count). The van der Waals surface area contributed by atoms with Gasteiger partial charge in [0.2, 0.25) is 0 Å². The first-order valence-electron chi connectivity index (χ1n) is 5.47. The molecule has 0 saturated heterocycles. The molecule has 0 fully saturated rings. The van der Waals surface area contributed by atoms with Crippen molar-refractivity contribution in [3.05, 3.63) is 29.2 Å². The molecule has 88 valence electrons. The highest BCUT2D eigenvalue weighted by atomic mass is 32.2. The number of hydrogen-bond acceptors (Lipinski definition) is 5. The van der Waals surface area contributed by atoms with Crippen molar-refractivity contribution in [1.82, 2.24) is 4.90 Å². The minimum absolute atomic E-state index is 0.0872. The van der Waals surface area contributed by atoms with E-state index in [9.17, 15) is 10.2 Å². The van der Waals surface area contributed by atoms with E-state index in [-0.39, 0.29) is 11.5 Å². The standard InChI is InChI=1S/C12H12N2O2S/c15-10-3-2-8(6-11(10)16)9-7-17-12-13-4-1-5-14(9)12/h2-3,6-7,15-16H,1,4-5H2. The molecule has 0 saturated carbocycles. The van der Waals surface area contributed by atoms with Gasteiger partial charge in [0.15, 0.2) is 16.7 Å². The summed E-state index contributed by atoms with van der Waals surface area (Å²) < 4.78 is 0.